The van der Waals surface area contributed by atoms with Crippen molar-refractivity contribution in [3.05, 3.63) is 30.3 Å². The monoisotopic (exact) mass is 156 g/mol. The number of hydrogen-bond donors (Lipinski definition) is 0. The molecule has 3 heteroatoms. The van der Waals surface area contributed by atoms with Gasteiger partial charge in [-0.05, 0) is 0 Å². The fraction of sp³-hybridized carbons (Fsp3) is 0. The lowest BCUT2D eigenvalue weighted by Crippen LogP contribution is -2.06. The summed E-state index contributed by atoms with van der Waals surface area (Å²) in [5.74, 6) is 0. The maximum Gasteiger partial charge on any atom is 0.202 e. The minimum Gasteiger partial charge on any atom is -0.111 e. The van der Waals surface area contributed by atoms with Crippen molar-refractivity contribution >= 4 is 31.5 Å². The Bertz CT molecular complexity index is 166. The fourth-order valence-corrected chi connectivity index (χ4v) is 1.53. The molecule has 1 aromatic carbocycles. The SMILES string of the molecule is ClPBc1ccccc1. The van der Waals surface area contributed by atoms with Crippen LogP contribution in [0, 0.1) is 0 Å². The highest BCUT2D eigenvalue weighted by Crippen LogP contribution is 2.10. The summed E-state index contributed by atoms with van der Waals surface area (Å²) in [6.45, 7) is 1.00. The van der Waals surface area contributed by atoms with Crippen molar-refractivity contribution in [2.45, 2.75) is 0 Å². The highest BCUT2D eigenvalue weighted by atomic mass is 35.7. The Kier molecular flexibility index (Phi) is 3.10. The Hall–Kier alpha value is 0.00494. The van der Waals surface area contributed by atoms with E-state index in [1.807, 2.05) is 18.2 Å². The molecule has 0 heterocycles. The molecule has 0 aliphatic carbocycles. The molecule has 1 aromatic rings. The molecule has 0 fully saturated rings. The van der Waals surface area contributed by atoms with Gasteiger partial charge in [-0.15, -0.1) is 11.2 Å². The predicted octanol–water partition coefficient (Wildman–Crippen LogP) is 1.50. The van der Waals surface area contributed by atoms with Crippen molar-refractivity contribution in [2.75, 3.05) is 0 Å². The van der Waals surface area contributed by atoms with Crippen LogP contribution in [0.15, 0.2) is 30.3 Å². The summed E-state index contributed by atoms with van der Waals surface area (Å²) in [4.78, 5) is 0. The minimum absolute atomic E-state index is 0.507. The van der Waals surface area contributed by atoms with Crippen molar-refractivity contribution in [1.29, 1.82) is 0 Å². The van der Waals surface area contributed by atoms with Crippen LogP contribution in [0.4, 0.5) is 0 Å². The summed E-state index contributed by atoms with van der Waals surface area (Å²) in [6, 6.07) is 10.3. The van der Waals surface area contributed by atoms with Crippen LogP contribution < -0.4 is 5.46 Å². The third-order valence-corrected chi connectivity index (χ3v) is 2.06. The number of halogens is 1. The van der Waals surface area contributed by atoms with Crippen LogP contribution in [0.2, 0.25) is 0 Å². The van der Waals surface area contributed by atoms with Gasteiger partial charge in [0.15, 0.2) is 0 Å². The second-order valence-corrected chi connectivity index (χ2v) is 3.22. The van der Waals surface area contributed by atoms with Crippen LogP contribution in [0.3, 0.4) is 0 Å². The van der Waals surface area contributed by atoms with Crippen LogP contribution in [0.5, 0.6) is 0 Å². The Morgan fingerprint density at radius 3 is 2.44 bits per heavy atom. The van der Waals surface area contributed by atoms with Gasteiger partial charge in [-0.3, -0.25) is 0 Å². The summed E-state index contributed by atoms with van der Waals surface area (Å²) in [5.41, 5.74) is 1.32. The van der Waals surface area contributed by atoms with Crippen LogP contribution >= 0.6 is 19.1 Å². The number of hydrogen-bond acceptors (Lipinski definition) is 0. The van der Waals surface area contributed by atoms with Gasteiger partial charge in [0.1, 0.15) is 0 Å². The van der Waals surface area contributed by atoms with E-state index >= 15 is 0 Å². The predicted molar refractivity (Wildman–Crippen MR) is 47.4 cm³/mol. The molecule has 0 amide bonds. The molecule has 0 nitrogen and oxygen atoms in total. The van der Waals surface area contributed by atoms with Gasteiger partial charge in [-0.25, -0.2) is 0 Å². The second-order valence-electron chi connectivity index (χ2n) is 1.80. The molecule has 0 bridgehead atoms. The number of benzene rings is 1. The molecular formula is C6H7BClP. The van der Waals surface area contributed by atoms with E-state index in [9.17, 15) is 0 Å². The van der Waals surface area contributed by atoms with Gasteiger partial charge >= 0.3 is 0 Å². The topological polar surface area (TPSA) is 0 Å². The number of rotatable bonds is 2. The lowest BCUT2D eigenvalue weighted by Gasteiger charge is -1.90. The molecule has 0 aromatic heterocycles. The smallest absolute Gasteiger partial charge is 0.111 e. The van der Waals surface area contributed by atoms with Crippen LogP contribution in [-0.4, -0.2) is 7.00 Å². The van der Waals surface area contributed by atoms with Crippen molar-refractivity contribution in [2.24, 2.45) is 0 Å². The van der Waals surface area contributed by atoms with Gasteiger partial charge in [0.2, 0.25) is 7.00 Å². The molecule has 0 saturated heterocycles. The largest absolute Gasteiger partial charge is 0.202 e. The molecule has 0 saturated carbocycles. The average molecular weight is 156 g/mol. The molecule has 9 heavy (non-hydrogen) atoms. The van der Waals surface area contributed by atoms with Crippen LogP contribution in [0.1, 0.15) is 0 Å². The average Bonchev–Trinajstić information content (AvgIpc) is 1.91. The van der Waals surface area contributed by atoms with Gasteiger partial charge in [-0.1, -0.05) is 43.6 Å². The normalized spacial score (nSPS) is 10.3. The van der Waals surface area contributed by atoms with Crippen LogP contribution in [0.25, 0.3) is 0 Å². The Balaban J connectivity index is 2.61. The standard InChI is InChI=1S/C6H7BClP/c8-9-7-6-4-2-1-3-5-6/h1-5,7,9H. The molecule has 1 unspecified atom stereocenters. The minimum atomic E-state index is 0.507. The Morgan fingerprint density at radius 1 is 1.22 bits per heavy atom. The molecule has 46 valence electrons. The molecule has 0 N–H and O–H groups in total. The second kappa shape index (κ2) is 3.92. The highest BCUT2D eigenvalue weighted by Gasteiger charge is 1.89. The van der Waals surface area contributed by atoms with Gasteiger partial charge in [0, 0.05) is 0 Å². The van der Waals surface area contributed by atoms with E-state index in [0.717, 1.165) is 7.00 Å². The summed E-state index contributed by atoms with van der Waals surface area (Å²) < 4.78 is 0. The molecule has 1 atom stereocenters. The summed E-state index contributed by atoms with van der Waals surface area (Å²) >= 11 is 5.56. The zero-order chi connectivity index (χ0) is 6.53. The first-order valence-electron chi connectivity index (χ1n) is 2.81. The zero-order valence-corrected chi connectivity index (χ0v) is 6.73. The summed E-state index contributed by atoms with van der Waals surface area (Å²) in [7, 11) is 0.507. The lowest BCUT2D eigenvalue weighted by atomic mass is 9.95. The molecule has 0 aliphatic rings. The van der Waals surface area contributed by atoms with Crippen molar-refractivity contribution in [3.63, 3.8) is 0 Å². The van der Waals surface area contributed by atoms with Crippen molar-refractivity contribution in [1.82, 2.24) is 0 Å². The lowest BCUT2D eigenvalue weighted by molar-refractivity contribution is 1.77. The van der Waals surface area contributed by atoms with Gasteiger partial charge in [-0.2, -0.15) is 0 Å². The quantitative estimate of drug-likeness (QED) is 0.450. The maximum absolute atomic E-state index is 5.56. The molecule has 0 radical (unpaired) electrons. The van der Waals surface area contributed by atoms with Gasteiger partial charge in [0.25, 0.3) is 0 Å². The first-order chi connectivity index (χ1) is 4.43. The van der Waals surface area contributed by atoms with Gasteiger partial charge in [0.05, 0.1) is 0 Å². The van der Waals surface area contributed by atoms with E-state index in [2.05, 4.69) is 12.1 Å². The summed E-state index contributed by atoms with van der Waals surface area (Å²) in [5, 5.41) is 0. The zero-order valence-electron chi connectivity index (χ0n) is 4.97. The fourth-order valence-electron chi connectivity index (χ4n) is 0.673. The maximum atomic E-state index is 5.56. The molecule has 1 rings (SSSR count). The van der Waals surface area contributed by atoms with E-state index in [4.69, 9.17) is 11.2 Å². The van der Waals surface area contributed by atoms with E-state index in [1.165, 1.54) is 5.46 Å². The third kappa shape index (κ3) is 2.38. The third-order valence-electron chi connectivity index (χ3n) is 1.11. The molecule has 0 aliphatic heterocycles. The first-order valence-corrected chi connectivity index (χ1v) is 5.03. The van der Waals surface area contributed by atoms with Crippen LogP contribution in [-0.2, 0) is 0 Å². The first kappa shape index (κ1) is 7.12. The van der Waals surface area contributed by atoms with E-state index in [-0.39, 0.29) is 0 Å². The van der Waals surface area contributed by atoms with E-state index in [0.29, 0.717) is 7.81 Å². The van der Waals surface area contributed by atoms with E-state index in [1.54, 1.807) is 0 Å². The highest BCUT2D eigenvalue weighted by molar-refractivity contribution is 7.93. The van der Waals surface area contributed by atoms with Gasteiger partial charge < -0.3 is 0 Å². The van der Waals surface area contributed by atoms with Crippen molar-refractivity contribution < 1.29 is 0 Å². The molecule has 0 spiro atoms. The molecular weight excluding hydrogens is 149 g/mol. The Labute approximate surface area is 62.4 Å². The van der Waals surface area contributed by atoms with Crippen molar-refractivity contribution in [3.8, 4) is 0 Å². The summed E-state index contributed by atoms with van der Waals surface area (Å²) in [6.07, 6.45) is 0. The Morgan fingerprint density at radius 2 is 1.89 bits per heavy atom. The van der Waals surface area contributed by atoms with E-state index < -0.39 is 0 Å².